The number of nitrogens with one attached hydrogen (secondary N) is 2. The number of aliphatic imine (C=N–C) groups is 1. The summed E-state index contributed by atoms with van der Waals surface area (Å²) in [6.07, 6.45) is 0.396. The molecule has 7 heteroatoms. The summed E-state index contributed by atoms with van der Waals surface area (Å²) in [7, 11) is 1.71. The average Bonchev–Trinajstić information content (AvgIpc) is 2.94. The lowest BCUT2D eigenvalue weighted by Crippen LogP contribution is -2.61. The molecule has 3 heterocycles. The molecule has 0 bridgehead atoms. The topological polar surface area (TPSA) is 95.3 Å². The van der Waals surface area contributed by atoms with Crippen LogP contribution < -0.4 is 10.6 Å². The van der Waals surface area contributed by atoms with Gasteiger partial charge in [-0.1, -0.05) is 0 Å². The largest absolute Gasteiger partial charge is 0.388 e. The van der Waals surface area contributed by atoms with E-state index in [9.17, 15) is 10.2 Å². The molecular weight excluding hydrogens is 274 g/mol. The fourth-order valence-electron chi connectivity index (χ4n) is 3.35. The van der Waals surface area contributed by atoms with Crippen molar-refractivity contribution >= 4 is 5.84 Å². The Morgan fingerprint density at radius 2 is 2.05 bits per heavy atom. The minimum absolute atomic E-state index is 0.122. The van der Waals surface area contributed by atoms with E-state index in [2.05, 4.69) is 15.6 Å². The normalized spacial score (nSPS) is 42.8. The molecule has 3 saturated heterocycles. The van der Waals surface area contributed by atoms with Gasteiger partial charge in [0, 0.05) is 39.3 Å². The van der Waals surface area contributed by atoms with Gasteiger partial charge in [-0.2, -0.15) is 0 Å². The van der Waals surface area contributed by atoms with Crippen LogP contribution in [0.25, 0.3) is 0 Å². The van der Waals surface area contributed by atoms with Crippen molar-refractivity contribution in [2.75, 3.05) is 26.8 Å². The Balaban J connectivity index is 1.56. The van der Waals surface area contributed by atoms with E-state index in [1.54, 1.807) is 7.05 Å². The average molecular weight is 299 g/mol. The van der Waals surface area contributed by atoms with Crippen molar-refractivity contribution in [3.63, 3.8) is 0 Å². The molecule has 21 heavy (non-hydrogen) atoms. The number of nitrogens with zero attached hydrogens (tertiary/aromatic N) is 1. The summed E-state index contributed by atoms with van der Waals surface area (Å²) >= 11 is 0. The van der Waals surface area contributed by atoms with E-state index in [0.29, 0.717) is 19.0 Å². The molecule has 3 aliphatic heterocycles. The minimum atomic E-state index is -0.887. The molecule has 0 amide bonds. The molecule has 0 aromatic rings. The molecule has 3 aliphatic rings. The van der Waals surface area contributed by atoms with E-state index in [-0.39, 0.29) is 18.2 Å². The van der Waals surface area contributed by atoms with Gasteiger partial charge in [-0.05, 0) is 12.8 Å². The highest BCUT2D eigenvalue weighted by molar-refractivity contribution is 5.85. The van der Waals surface area contributed by atoms with Crippen LogP contribution in [0.3, 0.4) is 0 Å². The van der Waals surface area contributed by atoms with Crippen molar-refractivity contribution in [3.8, 4) is 0 Å². The summed E-state index contributed by atoms with van der Waals surface area (Å²) in [4.78, 5) is 4.12. The predicted molar refractivity (Wildman–Crippen MR) is 77.4 cm³/mol. The minimum Gasteiger partial charge on any atom is -0.388 e. The van der Waals surface area contributed by atoms with Gasteiger partial charge in [0.1, 0.15) is 12.2 Å². The van der Waals surface area contributed by atoms with Gasteiger partial charge in [0.15, 0.2) is 0 Å². The van der Waals surface area contributed by atoms with E-state index in [4.69, 9.17) is 9.47 Å². The number of rotatable bonds is 3. The Kier molecular flexibility index (Phi) is 4.75. The van der Waals surface area contributed by atoms with Gasteiger partial charge >= 0.3 is 0 Å². The molecule has 5 atom stereocenters. The fraction of sp³-hybridized carbons (Fsp3) is 0.929. The quantitative estimate of drug-likeness (QED) is 0.514. The third kappa shape index (κ3) is 3.22. The third-order valence-corrected chi connectivity index (χ3v) is 4.68. The Hall–Kier alpha value is -0.730. The van der Waals surface area contributed by atoms with Crippen LogP contribution >= 0.6 is 0 Å². The number of hydrogen-bond donors (Lipinski definition) is 4. The number of fused-ring (bicyclic) bond motifs is 1. The zero-order valence-electron chi connectivity index (χ0n) is 12.4. The maximum atomic E-state index is 10.3. The molecule has 0 unspecified atom stereocenters. The van der Waals surface area contributed by atoms with E-state index >= 15 is 0 Å². The Morgan fingerprint density at radius 1 is 1.29 bits per heavy atom. The third-order valence-electron chi connectivity index (χ3n) is 4.68. The monoisotopic (exact) mass is 299 g/mol. The summed E-state index contributed by atoms with van der Waals surface area (Å²) < 4.78 is 11.3. The number of hydrogen-bond acceptors (Lipinski definition) is 6. The lowest BCUT2D eigenvalue weighted by atomic mass is 9.93. The Morgan fingerprint density at radius 3 is 2.76 bits per heavy atom. The van der Waals surface area contributed by atoms with Gasteiger partial charge in [-0.15, -0.1) is 0 Å². The lowest BCUT2D eigenvalue weighted by molar-refractivity contribution is -0.173. The summed E-state index contributed by atoms with van der Waals surface area (Å²) in [6.45, 7) is 2.10. The molecular formula is C14H25N3O4. The van der Waals surface area contributed by atoms with Crippen LogP contribution in [-0.2, 0) is 9.47 Å². The fourth-order valence-corrected chi connectivity index (χ4v) is 3.35. The summed E-state index contributed by atoms with van der Waals surface area (Å²) in [5.41, 5.74) is 0. The molecule has 0 radical (unpaired) electrons. The second-order valence-electron chi connectivity index (χ2n) is 6.03. The second kappa shape index (κ2) is 6.58. The molecule has 4 N–H and O–H groups in total. The SMILES string of the molecule is CN=C1C[C@H]2O[C@H](CNC3CCOCC3)[C@@H](O)[C@H](O)[C@H]2N1. The van der Waals surface area contributed by atoms with Crippen LogP contribution in [0.5, 0.6) is 0 Å². The molecule has 0 saturated carbocycles. The smallest absolute Gasteiger partial charge is 0.109 e. The maximum absolute atomic E-state index is 10.3. The van der Waals surface area contributed by atoms with E-state index < -0.39 is 12.2 Å². The van der Waals surface area contributed by atoms with Crippen molar-refractivity contribution in [3.05, 3.63) is 0 Å². The number of ether oxygens (including phenoxy) is 2. The van der Waals surface area contributed by atoms with Gasteiger partial charge < -0.3 is 30.3 Å². The van der Waals surface area contributed by atoms with Gasteiger partial charge in [-0.25, -0.2) is 0 Å². The molecule has 0 aromatic heterocycles. The second-order valence-corrected chi connectivity index (χ2v) is 6.03. The number of aliphatic hydroxyl groups excluding tert-OH is 2. The Bertz CT molecular complexity index is 386. The molecule has 0 aliphatic carbocycles. The van der Waals surface area contributed by atoms with Gasteiger partial charge in [0.25, 0.3) is 0 Å². The highest BCUT2D eigenvalue weighted by Crippen LogP contribution is 2.27. The highest BCUT2D eigenvalue weighted by atomic mass is 16.5. The molecule has 120 valence electrons. The zero-order valence-corrected chi connectivity index (χ0v) is 12.4. The van der Waals surface area contributed by atoms with Gasteiger partial charge in [-0.3, -0.25) is 4.99 Å². The first kappa shape index (κ1) is 15.2. The highest BCUT2D eigenvalue weighted by Gasteiger charge is 2.48. The van der Waals surface area contributed by atoms with Crippen LogP contribution in [0, 0.1) is 0 Å². The number of aliphatic hydroxyl groups is 2. The first-order chi connectivity index (χ1) is 10.2. The van der Waals surface area contributed by atoms with Crippen molar-refractivity contribution in [2.24, 2.45) is 4.99 Å². The van der Waals surface area contributed by atoms with E-state index in [0.717, 1.165) is 31.9 Å². The molecule has 7 nitrogen and oxygen atoms in total. The summed E-state index contributed by atoms with van der Waals surface area (Å²) in [5, 5.41) is 27.1. The molecule has 3 rings (SSSR count). The predicted octanol–water partition coefficient (Wildman–Crippen LogP) is -1.37. The standard InChI is InChI=1S/C14H25N3O4/c1-15-11-6-9-12(17-11)14(19)13(18)10(21-9)7-16-8-2-4-20-5-3-8/h8-10,12-14,16,18-19H,2-7H2,1H3,(H,15,17)/t9-,10-,12+,13-,14-/m1/s1. The van der Waals surface area contributed by atoms with Crippen LogP contribution in [0.1, 0.15) is 19.3 Å². The van der Waals surface area contributed by atoms with Crippen LogP contribution in [0.15, 0.2) is 4.99 Å². The maximum Gasteiger partial charge on any atom is 0.109 e. The van der Waals surface area contributed by atoms with Crippen LogP contribution in [-0.4, -0.2) is 79.4 Å². The first-order valence-electron chi connectivity index (χ1n) is 7.74. The van der Waals surface area contributed by atoms with Crippen LogP contribution in [0.2, 0.25) is 0 Å². The molecule has 0 aromatic carbocycles. The molecule has 0 spiro atoms. The first-order valence-corrected chi connectivity index (χ1v) is 7.74. The summed E-state index contributed by atoms with van der Waals surface area (Å²) in [5.74, 6) is 0.828. The summed E-state index contributed by atoms with van der Waals surface area (Å²) in [6, 6.07) is 0.136. The van der Waals surface area contributed by atoms with E-state index in [1.807, 2.05) is 0 Å². The van der Waals surface area contributed by atoms with E-state index in [1.165, 1.54) is 0 Å². The van der Waals surface area contributed by atoms with Gasteiger partial charge in [0.2, 0.25) is 0 Å². The Labute approximate surface area is 124 Å². The molecule has 3 fully saturated rings. The van der Waals surface area contributed by atoms with Crippen molar-refractivity contribution in [1.29, 1.82) is 0 Å². The van der Waals surface area contributed by atoms with Crippen LogP contribution in [0.4, 0.5) is 0 Å². The van der Waals surface area contributed by atoms with Crippen molar-refractivity contribution in [1.82, 2.24) is 10.6 Å². The zero-order chi connectivity index (χ0) is 14.8. The van der Waals surface area contributed by atoms with Crippen molar-refractivity contribution in [2.45, 2.75) is 55.8 Å². The van der Waals surface area contributed by atoms with Gasteiger partial charge in [0.05, 0.1) is 24.1 Å². The van der Waals surface area contributed by atoms with Crippen molar-refractivity contribution < 1.29 is 19.7 Å². The number of amidine groups is 1. The lowest BCUT2D eigenvalue weighted by Gasteiger charge is -2.40.